The van der Waals surface area contributed by atoms with E-state index in [9.17, 15) is 5.11 Å². The normalized spacial score (nSPS) is 35.9. The highest BCUT2D eigenvalue weighted by molar-refractivity contribution is 4.91. The number of aliphatic hydroxyl groups is 1. The lowest BCUT2D eigenvalue weighted by atomic mass is 9.70. The molecule has 118 valence electrons. The molecule has 0 aromatic heterocycles. The molecule has 1 atom stereocenters. The summed E-state index contributed by atoms with van der Waals surface area (Å²) in [6, 6.07) is 0.579. The fraction of sp³-hybridized carbons (Fsp3) is 1.00. The van der Waals surface area contributed by atoms with E-state index in [1.165, 1.54) is 45.2 Å². The van der Waals surface area contributed by atoms with Crippen LogP contribution in [0.1, 0.15) is 52.9 Å². The predicted octanol–water partition coefficient (Wildman–Crippen LogP) is 2.50. The Hall–Kier alpha value is -0.120. The summed E-state index contributed by atoms with van der Waals surface area (Å²) in [7, 11) is 0. The molecule has 2 N–H and O–H groups in total. The molecule has 1 saturated carbocycles. The van der Waals surface area contributed by atoms with Crippen molar-refractivity contribution in [3.05, 3.63) is 0 Å². The highest BCUT2D eigenvalue weighted by atomic mass is 16.3. The monoisotopic (exact) mass is 282 g/mol. The van der Waals surface area contributed by atoms with Gasteiger partial charge in [0.25, 0.3) is 0 Å². The zero-order valence-corrected chi connectivity index (χ0v) is 13.7. The lowest BCUT2D eigenvalue weighted by molar-refractivity contribution is 0.0920. The van der Waals surface area contributed by atoms with Crippen LogP contribution in [0, 0.1) is 17.3 Å². The molecule has 1 aliphatic heterocycles. The van der Waals surface area contributed by atoms with Crippen LogP contribution >= 0.6 is 0 Å². The minimum absolute atomic E-state index is 0.366. The molecule has 0 radical (unpaired) electrons. The highest BCUT2D eigenvalue weighted by Crippen LogP contribution is 2.40. The fourth-order valence-electron chi connectivity index (χ4n) is 3.87. The zero-order chi connectivity index (χ0) is 14.6. The average molecular weight is 282 g/mol. The van der Waals surface area contributed by atoms with Crippen molar-refractivity contribution in [2.24, 2.45) is 17.3 Å². The van der Waals surface area contributed by atoms with Gasteiger partial charge < -0.3 is 15.3 Å². The Labute approximate surface area is 125 Å². The molecule has 2 aliphatic rings. The average Bonchev–Trinajstić information content (AvgIpc) is 2.87. The first kappa shape index (κ1) is 16.3. The minimum atomic E-state index is 0.366. The van der Waals surface area contributed by atoms with Gasteiger partial charge in [-0.05, 0) is 43.1 Å². The summed E-state index contributed by atoms with van der Waals surface area (Å²) in [5, 5.41) is 13.0. The quantitative estimate of drug-likeness (QED) is 0.786. The van der Waals surface area contributed by atoms with Crippen LogP contribution in [-0.2, 0) is 0 Å². The van der Waals surface area contributed by atoms with Crippen LogP contribution < -0.4 is 5.32 Å². The van der Waals surface area contributed by atoms with Crippen molar-refractivity contribution in [1.82, 2.24) is 10.2 Å². The second kappa shape index (κ2) is 7.24. The number of likely N-dealkylation sites (tertiary alicyclic amines) is 1. The van der Waals surface area contributed by atoms with E-state index in [1.807, 2.05) is 0 Å². The zero-order valence-electron chi connectivity index (χ0n) is 13.7. The predicted molar refractivity (Wildman–Crippen MR) is 84.8 cm³/mol. The van der Waals surface area contributed by atoms with Crippen molar-refractivity contribution in [3.63, 3.8) is 0 Å². The van der Waals surface area contributed by atoms with Crippen molar-refractivity contribution in [2.75, 3.05) is 32.8 Å². The largest absolute Gasteiger partial charge is 0.396 e. The van der Waals surface area contributed by atoms with E-state index in [-0.39, 0.29) is 0 Å². The Morgan fingerprint density at radius 2 is 1.95 bits per heavy atom. The summed E-state index contributed by atoms with van der Waals surface area (Å²) < 4.78 is 0. The van der Waals surface area contributed by atoms with Crippen LogP contribution in [0.25, 0.3) is 0 Å². The first-order valence-corrected chi connectivity index (χ1v) is 8.59. The van der Waals surface area contributed by atoms with Crippen LogP contribution in [0.5, 0.6) is 0 Å². The Bertz CT molecular complexity index is 285. The van der Waals surface area contributed by atoms with Gasteiger partial charge in [-0.3, -0.25) is 0 Å². The Balaban J connectivity index is 1.92. The molecular weight excluding hydrogens is 248 g/mol. The van der Waals surface area contributed by atoms with E-state index in [2.05, 4.69) is 31.0 Å². The van der Waals surface area contributed by atoms with E-state index < -0.39 is 0 Å². The number of aliphatic hydroxyl groups excluding tert-OH is 1. The molecule has 20 heavy (non-hydrogen) atoms. The smallest absolute Gasteiger partial charge is 0.0471 e. The second-order valence-electron chi connectivity index (χ2n) is 7.79. The topological polar surface area (TPSA) is 35.5 Å². The molecule has 1 saturated heterocycles. The van der Waals surface area contributed by atoms with Gasteiger partial charge in [-0.1, -0.05) is 33.6 Å². The summed E-state index contributed by atoms with van der Waals surface area (Å²) >= 11 is 0. The van der Waals surface area contributed by atoms with Crippen LogP contribution in [0.15, 0.2) is 0 Å². The van der Waals surface area contributed by atoms with Crippen molar-refractivity contribution in [3.8, 4) is 0 Å². The van der Waals surface area contributed by atoms with Crippen LogP contribution in [0.3, 0.4) is 0 Å². The van der Waals surface area contributed by atoms with Crippen LogP contribution in [0.4, 0.5) is 0 Å². The molecule has 0 bridgehead atoms. The van der Waals surface area contributed by atoms with Crippen LogP contribution in [-0.4, -0.2) is 48.8 Å². The lowest BCUT2D eigenvalue weighted by Gasteiger charge is -2.42. The summed E-state index contributed by atoms with van der Waals surface area (Å²) in [6.45, 7) is 11.9. The van der Waals surface area contributed by atoms with Gasteiger partial charge in [0, 0.05) is 32.3 Å². The number of hydrogen-bond acceptors (Lipinski definition) is 3. The standard InChI is InChI=1S/C17H34N2O/c1-14(2)18-12-17(7-4-15(3)5-8-17)13-19-9-6-16(10-19)11-20/h14-16,18,20H,4-13H2,1-3H3. The van der Waals surface area contributed by atoms with Crippen molar-refractivity contribution >= 4 is 0 Å². The third kappa shape index (κ3) is 4.44. The molecule has 0 aromatic carbocycles. The van der Waals surface area contributed by atoms with Gasteiger partial charge in [0.2, 0.25) is 0 Å². The van der Waals surface area contributed by atoms with E-state index in [0.29, 0.717) is 24.0 Å². The molecule has 0 spiro atoms. The number of rotatable bonds is 6. The van der Waals surface area contributed by atoms with Gasteiger partial charge in [-0.2, -0.15) is 0 Å². The van der Waals surface area contributed by atoms with Gasteiger partial charge in [-0.25, -0.2) is 0 Å². The van der Waals surface area contributed by atoms with E-state index >= 15 is 0 Å². The number of hydrogen-bond donors (Lipinski definition) is 2. The van der Waals surface area contributed by atoms with Crippen LogP contribution in [0.2, 0.25) is 0 Å². The summed E-state index contributed by atoms with van der Waals surface area (Å²) in [4.78, 5) is 2.61. The molecular formula is C17H34N2O. The highest BCUT2D eigenvalue weighted by Gasteiger charge is 2.37. The SMILES string of the molecule is CC1CCC(CNC(C)C)(CN2CCC(CO)C2)CC1. The van der Waals surface area contributed by atoms with E-state index in [1.54, 1.807) is 0 Å². The summed E-state index contributed by atoms with van der Waals surface area (Å²) in [6.07, 6.45) is 6.69. The Morgan fingerprint density at radius 3 is 2.50 bits per heavy atom. The Kier molecular flexibility index (Phi) is 5.88. The van der Waals surface area contributed by atoms with Gasteiger partial charge >= 0.3 is 0 Å². The summed E-state index contributed by atoms with van der Waals surface area (Å²) in [5.74, 6) is 1.43. The molecule has 3 nitrogen and oxygen atoms in total. The van der Waals surface area contributed by atoms with E-state index in [0.717, 1.165) is 19.0 Å². The maximum Gasteiger partial charge on any atom is 0.0471 e. The van der Waals surface area contributed by atoms with Gasteiger partial charge in [0.05, 0.1) is 0 Å². The van der Waals surface area contributed by atoms with Gasteiger partial charge in [-0.15, -0.1) is 0 Å². The molecule has 1 heterocycles. The van der Waals surface area contributed by atoms with Gasteiger partial charge in [0.15, 0.2) is 0 Å². The Morgan fingerprint density at radius 1 is 1.25 bits per heavy atom. The molecule has 0 amide bonds. The molecule has 1 aliphatic carbocycles. The molecule has 2 fully saturated rings. The van der Waals surface area contributed by atoms with Crippen molar-refractivity contribution in [1.29, 1.82) is 0 Å². The number of nitrogens with one attached hydrogen (secondary N) is 1. The summed E-state index contributed by atoms with van der Waals surface area (Å²) in [5.41, 5.74) is 0.473. The maximum absolute atomic E-state index is 9.33. The molecule has 0 aromatic rings. The lowest BCUT2D eigenvalue weighted by Crippen LogP contribution is -2.47. The minimum Gasteiger partial charge on any atom is -0.396 e. The number of nitrogens with zero attached hydrogens (tertiary/aromatic N) is 1. The second-order valence-corrected chi connectivity index (χ2v) is 7.79. The van der Waals surface area contributed by atoms with Crippen molar-refractivity contribution in [2.45, 2.75) is 58.9 Å². The van der Waals surface area contributed by atoms with Gasteiger partial charge in [0.1, 0.15) is 0 Å². The molecule has 2 rings (SSSR count). The first-order valence-electron chi connectivity index (χ1n) is 8.59. The molecule has 3 heteroatoms. The fourth-order valence-corrected chi connectivity index (χ4v) is 3.87. The molecule has 1 unspecified atom stereocenters. The first-order chi connectivity index (χ1) is 9.53. The third-order valence-electron chi connectivity index (χ3n) is 5.41. The van der Waals surface area contributed by atoms with Crippen molar-refractivity contribution < 1.29 is 5.11 Å². The third-order valence-corrected chi connectivity index (χ3v) is 5.41. The maximum atomic E-state index is 9.33. The van der Waals surface area contributed by atoms with E-state index in [4.69, 9.17) is 0 Å².